The summed E-state index contributed by atoms with van der Waals surface area (Å²) >= 11 is 1.68. The maximum atomic E-state index is 12.5. The van der Waals surface area contributed by atoms with Crippen molar-refractivity contribution in [2.45, 2.75) is 23.8 Å². The highest BCUT2D eigenvalue weighted by atomic mass is 127. The highest BCUT2D eigenvalue weighted by Crippen LogP contribution is 2.55. The van der Waals surface area contributed by atoms with Gasteiger partial charge in [-0.05, 0) is 18.6 Å². The molecule has 2 aliphatic rings. The summed E-state index contributed by atoms with van der Waals surface area (Å²) in [6, 6.07) is 2.62. The van der Waals surface area contributed by atoms with Gasteiger partial charge in [0.1, 0.15) is 11.5 Å². The van der Waals surface area contributed by atoms with Crippen molar-refractivity contribution < 1.29 is 28.8 Å². The van der Waals surface area contributed by atoms with Crippen LogP contribution in [0.4, 0.5) is 13.2 Å². The Morgan fingerprint density at radius 1 is 1.10 bits per heavy atom. The van der Waals surface area contributed by atoms with Crippen molar-refractivity contribution in [3.63, 3.8) is 0 Å². The van der Waals surface area contributed by atoms with E-state index in [1.54, 1.807) is 23.0 Å². The Hall–Kier alpha value is -0.970. The van der Waals surface area contributed by atoms with Crippen molar-refractivity contribution in [1.82, 2.24) is 0 Å². The lowest BCUT2D eigenvalue weighted by molar-refractivity contribution is -0.0500. The molecular weight excluding hydrogens is 424 g/mol. The predicted molar refractivity (Wildman–Crippen MR) is 75.9 cm³/mol. The van der Waals surface area contributed by atoms with Gasteiger partial charge in [0.25, 0.3) is 0 Å². The number of benzene rings is 1. The van der Waals surface area contributed by atoms with E-state index in [-0.39, 0.29) is 17.6 Å². The number of hydrogen-bond acceptors (Lipinski definition) is 4. The molecule has 0 saturated heterocycles. The van der Waals surface area contributed by atoms with Gasteiger partial charge in [-0.2, -0.15) is 21.6 Å². The zero-order valence-corrected chi connectivity index (χ0v) is 13.2. The van der Waals surface area contributed by atoms with E-state index >= 15 is 0 Å². The Balaban J connectivity index is 2.08. The minimum atomic E-state index is -5.68. The summed E-state index contributed by atoms with van der Waals surface area (Å²) < 4.78 is 69.2. The van der Waals surface area contributed by atoms with Gasteiger partial charge < -0.3 is 7.25 Å². The second-order valence-electron chi connectivity index (χ2n) is 4.78. The molecule has 114 valence electrons. The lowest BCUT2D eigenvalue weighted by Gasteiger charge is -2.18. The molecule has 2 atom stereocenters. The van der Waals surface area contributed by atoms with Crippen LogP contribution in [0.15, 0.2) is 24.3 Å². The van der Waals surface area contributed by atoms with Crippen LogP contribution in [0.2, 0.25) is 0 Å². The third kappa shape index (κ3) is 2.30. The van der Waals surface area contributed by atoms with Gasteiger partial charge in [0.2, 0.25) is 0 Å². The summed E-state index contributed by atoms with van der Waals surface area (Å²) in [7, 11) is -5.68. The summed E-state index contributed by atoms with van der Waals surface area (Å²) in [6.07, 6.45) is 4.47. The van der Waals surface area contributed by atoms with Crippen LogP contribution in [0, 0.1) is 0 Å². The fourth-order valence-electron chi connectivity index (χ4n) is 2.79. The fourth-order valence-corrected chi connectivity index (χ4v) is 3.65. The topological polar surface area (TPSA) is 52.6 Å². The number of alkyl halides is 3. The van der Waals surface area contributed by atoms with Gasteiger partial charge in [0.15, 0.2) is 23.0 Å². The second kappa shape index (κ2) is 4.77. The SMILES string of the molecule is O=S(=O)(Oc1ccc(OI)c2c1C1C=CC2C1)C(F)(F)F. The monoisotopic (exact) mass is 432 g/mol. The van der Waals surface area contributed by atoms with E-state index < -0.39 is 15.6 Å². The molecule has 2 unspecified atom stereocenters. The summed E-state index contributed by atoms with van der Waals surface area (Å²) in [4.78, 5) is 0. The van der Waals surface area contributed by atoms with Crippen molar-refractivity contribution in [2.24, 2.45) is 0 Å². The molecule has 1 aromatic rings. The van der Waals surface area contributed by atoms with Gasteiger partial charge in [-0.3, -0.25) is 0 Å². The summed E-state index contributed by atoms with van der Waals surface area (Å²) in [5.74, 6) is 0.109. The number of rotatable bonds is 3. The number of hydrogen-bond donors (Lipinski definition) is 0. The normalized spacial score (nSPS) is 23.2. The first-order valence-electron chi connectivity index (χ1n) is 5.89. The first-order chi connectivity index (χ1) is 9.74. The van der Waals surface area contributed by atoms with Gasteiger partial charge in [0, 0.05) is 23.0 Å². The molecule has 1 aromatic carbocycles. The Kier molecular flexibility index (Phi) is 3.39. The zero-order valence-electron chi connectivity index (χ0n) is 10.2. The summed E-state index contributed by atoms with van der Waals surface area (Å²) in [5.41, 5.74) is -4.29. The average Bonchev–Trinajstić information content (AvgIpc) is 2.98. The molecule has 0 saturated carbocycles. The minimum Gasteiger partial charge on any atom is -0.427 e. The zero-order chi connectivity index (χ0) is 15.4. The lowest BCUT2D eigenvalue weighted by atomic mass is 9.95. The molecule has 0 aliphatic heterocycles. The molecule has 0 aromatic heterocycles. The molecule has 0 spiro atoms. The smallest absolute Gasteiger partial charge is 0.427 e. The van der Waals surface area contributed by atoms with Gasteiger partial charge in [-0.25, -0.2) is 0 Å². The largest absolute Gasteiger partial charge is 0.534 e. The molecule has 0 radical (unpaired) electrons. The maximum absolute atomic E-state index is 12.5. The third-order valence-electron chi connectivity index (χ3n) is 3.60. The second-order valence-corrected chi connectivity index (χ2v) is 6.76. The maximum Gasteiger partial charge on any atom is 0.534 e. The van der Waals surface area contributed by atoms with Crippen molar-refractivity contribution >= 4 is 33.1 Å². The van der Waals surface area contributed by atoms with Crippen molar-refractivity contribution in [3.8, 4) is 11.5 Å². The Labute approximate surface area is 132 Å². The predicted octanol–water partition coefficient (Wildman–Crippen LogP) is 3.78. The van der Waals surface area contributed by atoms with Crippen LogP contribution in [-0.4, -0.2) is 13.9 Å². The molecule has 9 heteroatoms. The highest BCUT2D eigenvalue weighted by molar-refractivity contribution is 14.1. The lowest BCUT2D eigenvalue weighted by Crippen LogP contribution is -2.28. The molecule has 21 heavy (non-hydrogen) atoms. The molecule has 4 nitrogen and oxygen atoms in total. The number of allylic oxidation sites excluding steroid dienone is 2. The van der Waals surface area contributed by atoms with Gasteiger partial charge in [-0.15, -0.1) is 0 Å². The number of fused-ring (bicyclic) bond motifs is 5. The number of halogens is 4. The molecule has 0 fully saturated rings. The van der Waals surface area contributed by atoms with Crippen LogP contribution in [0.3, 0.4) is 0 Å². The first kappa shape index (κ1) is 14.9. The van der Waals surface area contributed by atoms with E-state index in [0.717, 1.165) is 0 Å². The third-order valence-corrected chi connectivity index (χ3v) is 5.04. The van der Waals surface area contributed by atoms with Crippen LogP contribution >= 0.6 is 23.0 Å². The molecule has 3 rings (SSSR count). The average molecular weight is 432 g/mol. The van der Waals surface area contributed by atoms with E-state index in [9.17, 15) is 21.6 Å². The fraction of sp³-hybridized carbons (Fsp3) is 0.333. The Morgan fingerprint density at radius 2 is 1.62 bits per heavy atom. The van der Waals surface area contributed by atoms with Crippen molar-refractivity contribution in [3.05, 3.63) is 35.4 Å². The highest BCUT2D eigenvalue weighted by Gasteiger charge is 2.49. The Morgan fingerprint density at radius 3 is 2.14 bits per heavy atom. The molecule has 0 amide bonds. The molecule has 2 aliphatic carbocycles. The quantitative estimate of drug-likeness (QED) is 0.316. The van der Waals surface area contributed by atoms with Crippen molar-refractivity contribution in [2.75, 3.05) is 0 Å². The van der Waals surface area contributed by atoms with Gasteiger partial charge in [-0.1, -0.05) is 12.2 Å². The molecule has 0 heterocycles. The molecular formula is C12H8F3IO4S. The van der Waals surface area contributed by atoms with Crippen LogP contribution in [0.25, 0.3) is 0 Å². The van der Waals surface area contributed by atoms with Crippen LogP contribution < -0.4 is 7.25 Å². The molecule has 2 bridgehead atoms. The minimum absolute atomic E-state index is 0.0203. The van der Waals surface area contributed by atoms with E-state index in [2.05, 4.69) is 4.18 Å². The van der Waals surface area contributed by atoms with Gasteiger partial charge >= 0.3 is 15.6 Å². The standard InChI is InChI=1S/C12H8F3IO4S/c13-12(14,15)21(17,18)20-9-4-3-8(19-16)10-6-1-2-7(5-6)11(9)10/h1-4,6-7H,5H2. The first-order valence-corrected chi connectivity index (χ1v) is 8.18. The van der Waals surface area contributed by atoms with Crippen LogP contribution in [0.1, 0.15) is 29.4 Å². The summed E-state index contributed by atoms with van der Waals surface area (Å²) in [5, 5.41) is 0. The van der Waals surface area contributed by atoms with E-state index in [0.29, 0.717) is 23.3 Å². The van der Waals surface area contributed by atoms with Crippen LogP contribution in [0.5, 0.6) is 11.5 Å². The molecule has 0 N–H and O–H groups in total. The summed E-state index contributed by atoms with van der Waals surface area (Å²) in [6.45, 7) is 0. The van der Waals surface area contributed by atoms with E-state index in [4.69, 9.17) is 3.07 Å². The van der Waals surface area contributed by atoms with E-state index in [1.807, 2.05) is 12.2 Å². The van der Waals surface area contributed by atoms with Crippen LogP contribution in [-0.2, 0) is 10.1 Å². The van der Waals surface area contributed by atoms with E-state index in [1.165, 1.54) is 12.1 Å². The van der Waals surface area contributed by atoms with Crippen molar-refractivity contribution in [1.29, 1.82) is 0 Å². The Bertz CT molecular complexity index is 727. The van der Waals surface area contributed by atoms with Gasteiger partial charge in [0.05, 0.1) is 0 Å².